The van der Waals surface area contributed by atoms with Crippen LogP contribution in [0.25, 0.3) is 0 Å². The van der Waals surface area contributed by atoms with Crippen molar-refractivity contribution in [2.24, 2.45) is 0 Å². The topological polar surface area (TPSA) is 82.3 Å². The van der Waals surface area contributed by atoms with Crippen molar-refractivity contribution in [2.45, 2.75) is 60.6 Å². The molecule has 6 atom stereocenters. The molecule has 0 aliphatic carbocycles. The van der Waals surface area contributed by atoms with E-state index in [1.54, 1.807) is 0 Å². The Morgan fingerprint density at radius 3 is 1.45 bits per heavy atom. The molecular weight excluding hydrogens is 327 g/mol. The first-order chi connectivity index (χ1) is 10.5. The first-order valence-corrected chi connectivity index (χ1v) is 8.77. The highest BCUT2D eigenvalue weighted by Crippen LogP contribution is 2.20. The molecule has 3 saturated heterocycles. The number of hydrogen-bond acceptors (Lipinski definition) is 4. The van der Waals surface area contributed by atoms with Crippen LogP contribution in [0.15, 0.2) is 0 Å². The third-order valence-corrected chi connectivity index (χ3v) is 5.50. The molecule has 124 valence electrons. The molecule has 3 aliphatic rings. The molecule has 0 radical (unpaired) electrons. The summed E-state index contributed by atoms with van der Waals surface area (Å²) >= 11 is 12.1. The number of rotatable bonds is 2. The highest BCUT2D eigenvalue weighted by atomic mass is 35.5. The molecule has 0 aromatic heterocycles. The number of carbonyl (C=O) groups is 2. The first kappa shape index (κ1) is 16.3. The Kier molecular flexibility index (Phi) is 5.12. The maximum absolute atomic E-state index is 12.4. The molecule has 0 spiro atoms. The minimum Gasteiger partial charge on any atom is -0.341 e. The SMILES string of the molecule is O=C1N[C@H]([C@H]2CC[C@H](Cl)CN2)C(=O)N[C@H]1[C@@H]1CC[C@@H](Cl)CN1. The van der Waals surface area contributed by atoms with Gasteiger partial charge in [0.25, 0.3) is 0 Å². The summed E-state index contributed by atoms with van der Waals surface area (Å²) in [6.45, 7) is 1.33. The Bertz CT molecular complexity index is 395. The molecule has 22 heavy (non-hydrogen) atoms. The lowest BCUT2D eigenvalue weighted by molar-refractivity contribution is -0.138. The van der Waals surface area contributed by atoms with Gasteiger partial charge in [-0.1, -0.05) is 0 Å². The van der Waals surface area contributed by atoms with Crippen LogP contribution >= 0.6 is 23.2 Å². The zero-order valence-corrected chi connectivity index (χ0v) is 13.8. The van der Waals surface area contributed by atoms with Crippen molar-refractivity contribution < 1.29 is 9.59 Å². The third kappa shape index (κ3) is 3.50. The number of piperidine rings is 2. The van der Waals surface area contributed by atoms with Gasteiger partial charge >= 0.3 is 0 Å². The average molecular weight is 349 g/mol. The normalized spacial score (nSPS) is 43.4. The van der Waals surface area contributed by atoms with Crippen LogP contribution in [0.1, 0.15) is 25.7 Å². The summed E-state index contributed by atoms with van der Waals surface area (Å²) in [6.07, 6.45) is 3.27. The lowest BCUT2D eigenvalue weighted by atomic mass is 9.91. The van der Waals surface area contributed by atoms with E-state index in [0.717, 1.165) is 25.7 Å². The van der Waals surface area contributed by atoms with E-state index < -0.39 is 12.1 Å². The molecule has 4 N–H and O–H groups in total. The summed E-state index contributed by atoms with van der Waals surface area (Å²) < 4.78 is 0. The minimum absolute atomic E-state index is 0.0496. The maximum atomic E-state index is 12.4. The third-order valence-electron chi connectivity index (χ3n) is 4.75. The quantitative estimate of drug-likeness (QED) is 0.516. The highest BCUT2D eigenvalue weighted by Gasteiger charge is 2.42. The van der Waals surface area contributed by atoms with Crippen molar-refractivity contribution >= 4 is 35.0 Å². The number of alkyl halides is 2. The predicted octanol–water partition coefficient (Wildman–Crippen LogP) is -0.312. The summed E-state index contributed by atoms with van der Waals surface area (Å²) in [5, 5.41) is 12.5. The van der Waals surface area contributed by atoms with Gasteiger partial charge in [0.1, 0.15) is 12.1 Å². The van der Waals surface area contributed by atoms with Crippen molar-refractivity contribution in [1.29, 1.82) is 0 Å². The van der Waals surface area contributed by atoms with Gasteiger partial charge < -0.3 is 21.3 Å². The van der Waals surface area contributed by atoms with Gasteiger partial charge in [0.05, 0.1) is 0 Å². The molecule has 2 amide bonds. The number of nitrogens with one attached hydrogen (secondary N) is 4. The molecule has 3 fully saturated rings. The highest BCUT2D eigenvalue weighted by molar-refractivity contribution is 6.21. The van der Waals surface area contributed by atoms with Crippen LogP contribution in [0.4, 0.5) is 0 Å². The monoisotopic (exact) mass is 348 g/mol. The summed E-state index contributed by atoms with van der Waals surface area (Å²) in [5.41, 5.74) is 0. The zero-order chi connectivity index (χ0) is 15.7. The molecule has 0 unspecified atom stereocenters. The fourth-order valence-electron chi connectivity index (χ4n) is 3.44. The molecular formula is C14H22Cl2N4O2. The molecule has 3 heterocycles. The smallest absolute Gasteiger partial charge is 0.244 e. The van der Waals surface area contributed by atoms with Crippen molar-refractivity contribution in [2.75, 3.05) is 13.1 Å². The first-order valence-electron chi connectivity index (χ1n) is 7.90. The van der Waals surface area contributed by atoms with Crippen LogP contribution < -0.4 is 21.3 Å². The second kappa shape index (κ2) is 6.91. The lowest BCUT2D eigenvalue weighted by Gasteiger charge is -2.40. The molecule has 8 heteroatoms. The number of hydrogen-bond donors (Lipinski definition) is 4. The molecule has 0 saturated carbocycles. The van der Waals surface area contributed by atoms with Crippen LogP contribution in [-0.2, 0) is 9.59 Å². The number of amides is 2. The van der Waals surface area contributed by atoms with Crippen LogP contribution in [0.2, 0.25) is 0 Å². The van der Waals surface area contributed by atoms with Crippen LogP contribution in [0.3, 0.4) is 0 Å². The average Bonchev–Trinajstić information content (AvgIpc) is 2.51. The van der Waals surface area contributed by atoms with Crippen LogP contribution in [0, 0.1) is 0 Å². The number of piperazine rings is 1. The van der Waals surface area contributed by atoms with E-state index in [0.29, 0.717) is 13.1 Å². The summed E-state index contributed by atoms with van der Waals surface area (Å²) in [6, 6.07) is -1.13. The Morgan fingerprint density at radius 2 is 1.14 bits per heavy atom. The minimum atomic E-state index is -0.516. The van der Waals surface area contributed by atoms with Gasteiger partial charge in [-0.2, -0.15) is 0 Å². The van der Waals surface area contributed by atoms with Crippen molar-refractivity contribution in [1.82, 2.24) is 21.3 Å². The fourth-order valence-corrected chi connectivity index (χ4v) is 3.87. The molecule has 0 aromatic rings. The van der Waals surface area contributed by atoms with E-state index in [4.69, 9.17) is 23.2 Å². The van der Waals surface area contributed by atoms with E-state index in [2.05, 4.69) is 21.3 Å². The van der Waals surface area contributed by atoms with Gasteiger partial charge in [-0.25, -0.2) is 0 Å². The number of halogens is 2. The van der Waals surface area contributed by atoms with Gasteiger partial charge in [0, 0.05) is 35.9 Å². The summed E-state index contributed by atoms with van der Waals surface area (Å²) in [5.74, 6) is -0.241. The Balaban J connectivity index is 1.59. The second-order valence-electron chi connectivity index (χ2n) is 6.35. The summed E-state index contributed by atoms with van der Waals surface area (Å²) in [7, 11) is 0. The fraction of sp³-hybridized carbons (Fsp3) is 0.857. The zero-order valence-electron chi connectivity index (χ0n) is 12.3. The summed E-state index contributed by atoms with van der Waals surface area (Å²) in [4.78, 5) is 24.8. The molecule has 3 aliphatic heterocycles. The standard InChI is InChI=1S/C14H22Cl2N4O2/c15-7-1-3-9(17-5-7)11-13(21)20-12(14(22)19-11)10-4-2-8(16)6-18-10/h7-12,17-18H,1-6H2,(H,19,22)(H,20,21)/t7-,8+,9+,10-,11+,12-. The Labute approximate surface area is 140 Å². The van der Waals surface area contributed by atoms with Crippen molar-refractivity contribution in [3.05, 3.63) is 0 Å². The van der Waals surface area contributed by atoms with E-state index >= 15 is 0 Å². The van der Waals surface area contributed by atoms with Gasteiger partial charge in [-0.3, -0.25) is 9.59 Å². The Morgan fingerprint density at radius 1 is 0.727 bits per heavy atom. The van der Waals surface area contributed by atoms with E-state index in [1.165, 1.54) is 0 Å². The van der Waals surface area contributed by atoms with Gasteiger partial charge in [0.15, 0.2) is 0 Å². The lowest BCUT2D eigenvalue weighted by Crippen LogP contribution is -2.71. The molecule has 3 rings (SSSR count). The maximum Gasteiger partial charge on any atom is 0.244 e. The van der Waals surface area contributed by atoms with Crippen LogP contribution in [0.5, 0.6) is 0 Å². The largest absolute Gasteiger partial charge is 0.341 e. The Hall–Kier alpha value is -0.560. The predicted molar refractivity (Wildman–Crippen MR) is 85.2 cm³/mol. The van der Waals surface area contributed by atoms with Gasteiger partial charge in [0.2, 0.25) is 11.8 Å². The second-order valence-corrected chi connectivity index (χ2v) is 7.59. The van der Waals surface area contributed by atoms with Gasteiger partial charge in [-0.15, -0.1) is 23.2 Å². The molecule has 0 aromatic carbocycles. The molecule has 0 bridgehead atoms. The van der Waals surface area contributed by atoms with Gasteiger partial charge in [-0.05, 0) is 25.7 Å². The van der Waals surface area contributed by atoms with E-state index in [1.807, 2.05) is 0 Å². The van der Waals surface area contributed by atoms with Crippen molar-refractivity contribution in [3.8, 4) is 0 Å². The van der Waals surface area contributed by atoms with Crippen LogP contribution in [-0.4, -0.2) is 59.8 Å². The van der Waals surface area contributed by atoms with E-state index in [9.17, 15) is 9.59 Å². The van der Waals surface area contributed by atoms with E-state index in [-0.39, 0.29) is 34.7 Å². The molecule has 6 nitrogen and oxygen atoms in total. The number of carbonyl (C=O) groups excluding carboxylic acids is 2. The van der Waals surface area contributed by atoms with Crippen molar-refractivity contribution in [3.63, 3.8) is 0 Å².